The summed E-state index contributed by atoms with van der Waals surface area (Å²) in [5.41, 5.74) is 1.56. The van der Waals surface area contributed by atoms with Gasteiger partial charge in [0.25, 0.3) is 11.5 Å². The van der Waals surface area contributed by atoms with Crippen molar-refractivity contribution in [2.75, 3.05) is 30.8 Å². The van der Waals surface area contributed by atoms with Crippen molar-refractivity contribution in [3.05, 3.63) is 87.8 Å². The van der Waals surface area contributed by atoms with E-state index in [9.17, 15) is 24.3 Å². The summed E-state index contributed by atoms with van der Waals surface area (Å²) >= 11 is 0. The van der Waals surface area contributed by atoms with Crippen molar-refractivity contribution in [1.29, 1.82) is 0 Å². The molecule has 3 heterocycles. The molecular formula is C27H26N4O6. The number of carboxylic acids is 1. The second-order valence-corrected chi connectivity index (χ2v) is 9.26. The summed E-state index contributed by atoms with van der Waals surface area (Å²) in [6, 6.07) is 15.9. The number of fused-ring (bicyclic) bond motifs is 4. The molecule has 5 rings (SSSR count). The number of amides is 3. The Bertz CT molecular complexity index is 1450. The molecule has 10 nitrogen and oxygen atoms in total. The Balaban J connectivity index is 1.33. The van der Waals surface area contributed by atoms with E-state index in [0.717, 1.165) is 12.1 Å². The first-order valence-corrected chi connectivity index (χ1v) is 11.9. The Hall–Kier alpha value is -4.60. The fourth-order valence-electron chi connectivity index (χ4n) is 5.20. The van der Waals surface area contributed by atoms with E-state index in [0.29, 0.717) is 36.6 Å². The monoisotopic (exact) mass is 502 g/mol. The topological polar surface area (TPSA) is 130 Å². The molecule has 2 aliphatic heterocycles. The lowest BCUT2D eigenvalue weighted by atomic mass is 9.83. The van der Waals surface area contributed by atoms with Crippen LogP contribution in [0.15, 0.2) is 65.5 Å². The van der Waals surface area contributed by atoms with E-state index in [-0.39, 0.29) is 34.6 Å². The van der Waals surface area contributed by atoms with Gasteiger partial charge in [-0.05, 0) is 54.8 Å². The van der Waals surface area contributed by atoms with Crippen LogP contribution in [0.5, 0.6) is 5.75 Å². The highest BCUT2D eigenvalue weighted by Crippen LogP contribution is 2.36. The predicted molar refractivity (Wildman–Crippen MR) is 136 cm³/mol. The van der Waals surface area contributed by atoms with Crippen molar-refractivity contribution in [3.63, 3.8) is 0 Å². The second kappa shape index (κ2) is 9.81. The zero-order valence-corrected chi connectivity index (χ0v) is 20.1. The first-order valence-electron chi connectivity index (χ1n) is 11.9. The average molecular weight is 503 g/mol. The molecule has 2 bridgehead atoms. The third-order valence-corrected chi connectivity index (χ3v) is 6.85. The number of pyridine rings is 1. The maximum absolute atomic E-state index is 13.3. The standard InChI is InChI=1S/C27H26N4O6/c1-37-23-8-3-2-7-20(23)28-27(36)29-21-9-10-22-19-11-16(14-31(22)25(21)33)13-30(15-19)24(32)17-5-4-6-18(12-17)26(34)35/h2-10,12,16,19H,11,13-15H2,1H3,(H,34,35)(H2,28,29,36)/t16-,19-/m1/s1. The number of likely N-dealkylation sites (tertiary alicyclic amines) is 1. The molecule has 0 unspecified atom stereocenters. The van der Waals surface area contributed by atoms with Crippen LogP contribution in [0.1, 0.15) is 38.7 Å². The van der Waals surface area contributed by atoms with Crippen molar-refractivity contribution in [2.45, 2.75) is 18.9 Å². The lowest BCUT2D eigenvalue weighted by Gasteiger charge is -2.43. The zero-order valence-electron chi connectivity index (χ0n) is 20.1. The number of methoxy groups -OCH3 is 1. The van der Waals surface area contributed by atoms with Gasteiger partial charge in [0.05, 0.1) is 18.4 Å². The minimum absolute atomic E-state index is 0.0386. The zero-order chi connectivity index (χ0) is 26.1. The van der Waals surface area contributed by atoms with Gasteiger partial charge in [-0.15, -0.1) is 0 Å². The van der Waals surface area contributed by atoms with Gasteiger partial charge in [0.2, 0.25) is 0 Å². The van der Waals surface area contributed by atoms with Gasteiger partial charge in [-0.25, -0.2) is 9.59 Å². The normalized spacial score (nSPS) is 17.9. The van der Waals surface area contributed by atoms with E-state index in [2.05, 4.69) is 10.6 Å². The maximum Gasteiger partial charge on any atom is 0.335 e. The van der Waals surface area contributed by atoms with Crippen LogP contribution in [0.2, 0.25) is 0 Å². The number of hydrogen-bond acceptors (Lipinski definition) is 5. The molecule has 0 spiro atoms. The van der Waals surface area contributed by atoms with Gasteiger partial charge in [-0.2, -0.15) is 0 Å². The van der Waals surface area contributed by atoms with Crippen LogP contribution in [0.25, 0.3) is 0 Å². The smallest absolute Gasteiger partial charge is 0.335 e. The van der Waals surface area contributed by atoms with E-state index in [1.807, 2.05) is 6.07 Å². The number of aromatic carboxylic acids is 1. The Labute approximate surface area is 212 Å². The molecule has 2 atom stereocenters. The number of para-hydroxylation sites is 2. The van der Waals surface area contributed by atoms with Gasteiger partial charge in [-0.3, -0.25) is 9.59 Å². The number of nitrogens with zero attached hydrogens (tertiary/aromatic N) is 2. The fourth-order valence-corrected chi connectivity index (χ4v) is 5.20. The van der Waals surface area contributed by atoms with Gasteiger partial charge >= 0.3 is 12.0 Å². The molecule has 1 aromatic heterocycles. The Morgan fingerprint density at radius 2 is 1.68 bits per heavy atom. The number of hydrogen-bond donors (Lipinski definition) is 3. The number of nitrogens with one attached hydrogen (secondary N) is 2. The summed E-state index contributed by atoms with van der Waals surface area (Å²) in [5, 5.41) is 14.6. The van der Waals surface area contributed by atoms with Crippen LogP contribution >= 0.6 is 0 Å². The summed E-state index contributed by atoms with van der Waals surface area (Å²) in [6.07, 6.45) is 0.847. The highest BCUT2D eigenvalue weighted by Gasteiger charge is 2.37. The van der Waals surface area contributed by atoms with Gasteiger partial charge in [-0.1, -0.05) is 18.2 Å². The lowest BCUT2D eigenvalue weighted by molar-refractivity contribution is 0.0594. The van der Waals surface area contributed by atoms with E-state index in [1.165, 1.54) is 19.2 Å². The number of carbonyl (C=O) groups is 3. The molecule has 0 aliphatic carbocycles. The van der Waals surface area contributed by atoms with E-state index < -0.39 is 12.0 Å². The number of aromatic nitrogens is 1. The first kappa shape index (κ1) is 24.1. The third-order valence-electron chi connectivity index (χ3n) is 6.85. The molecule has 2 aliphatic rings. The summed E-state index contributed by atoms with van der Waals surface area (Å²) in [6.45, 7) is 1.31. The van der Waals surface area contributed by atoms with Crippen LogP contribution in [0, 0.1) is 5.92 Å². The number of benzene rings is 2. The Morgan fingerprint density at radius 1 is 0.919 bits per heavy atom. The van der Waals surface area contributed by atoms with Crippen molar-refractivity contribution in [3.8, 4) is 5.75 Å². The number of piperidine rings is 1. The third kappa shape index (κ3) is 4.77. The molecule has 0 saturated carbocycles. The minimum Gasteiger partial charge on any atom is -0.495 e. The second-order valence-electron chi connectivity index (χ2n) is 9.26. The van der Waals surface area contributed by atoms with E-state index >= 15 is 0 Å². The quantitative estimate of drug-likeness (QED) is 0.490. The Kier molecular flexibility index (Phi) is 6.39. The summed E-state index contributed by atoms with van der Waals surface area (Å²) < 4.78 is 6.93. The number of urea groups is 1. The summed E-state index contributed by atoms with van der Waals surface area (Å²) in [5.74, 6) is -0.780. The number of carboxylic acid groups (broad SMARTS) is 1. The number of anilines is 2. The highest BCUT2D eigenvalue weighted by atomic mass is 16.5. The van der Waals surface area contributed by atoms with Crippen LogP contribution < -0.4 is 20.9 Å². The van der Waals surface area contributed by atoms with Gasteiger partial charge < -0.3 is 29.9 Å². The van der Waals surface area contributed by atoms with Gasteiger partial charge in [0.15, 0.2) is 0 Å². The predicted octanol–water partition coefficient (Wildman–Crippen LogP) is 3.46. The first-order chi connectivity index (χ1) is 17.8. The summed E-state index contributed by atoms with van der Waals surface area (Å²) in [7, 11) is 1.51. The molecular weight excluding hydrogens is 476 g/mol. The molecule has 1 saturated heterocycles. The molecule has 0 radical (unpaired) electrons. The maximum atomic E-state index is 13.3. The molecule has 37 heavy (non-hydrogen) atoms. The van der Waals surface area contributed by atoms with Gasteiger partial charge in [0, 0.05) is 36.8 Å². The highest BCUT2D eigenvalue weighted by molar-refractivity contribution is 6.00. The lowest BCUT2D eigenvalue weighted by Crippen LogP contribution is -2.49. The molecule has 3 aromatic rings. The van der Waals surface area contributed by atoms with Crippen LogP contribution in [0.3, 0.4) is 0 Å². The molecule has 190 valence electrons. The fraction of sp³-hybridized carbons (Fsp3) is 0.259. The molecule has 10 heteroatoms. The van der Waals surface area contributed by atoms with Gasteiger partial charge in [0.1, 0.15) is 11.4 Å². The Morgan fingerprint density at radius 3 is 2.46 bits per heavy atom. The van der Waals surface area contributed by atoms with Crippen molar-refractivity contribution < 1.29 is 24.2 Å². The van der Waals surface area contributed by atoms with Crippen molar-refractivity contribution >= 4 is 29.3 Å². The molecule has 3 N–H and O–H groups in total. The largest absolute Gasteiger partial charge is 0.495 e. The number of rotatable bonds is 5. The number of carbonyl (C=O) groups excluding carboxylic acids is 2. The van der Waals surface area contributed by atoms with Crippen molar-refractivity contribution in [2.24, 2.45) is 5.92 Å². The van der Waals surface area contributed by atoms with E-state index in [1.54, 1.807) is 51.9 Å². The molecule has 1 fully saturated rings. The summed E-state index contributed by atoms with van der Waals surface area (Å²) in [4.78, 5) is 52.0. The average Bonchev–Trinajstić information content (AvgIpc) is 2.90. The van der Waals surface area contributed by atoms with E-state index in [4.69, 9.17) is 4.74 Å². The van der Waals surface area contributed by atoms with Crippen LogP contribution in [-0.2, 0) is 6.54 Å². The van der Waals surface area contributed by atoms with Crippen LogP contribution in [-0.4, -0.2) is 52.7 Å². The van der Waals surface area contributed by atoms with Crippen molar-refractivity contribution in [1.82, 2.24) is 9.47 Å². The van der Waals surface area contributed by atoms with Crippen LogP contribution in [0.4, 0.5) is 16.2 Å². The minimum atomic E-state index is -1.08. The molecule has 3 amide bonds. The number of ether oxygens (including phenoxy) is 1. The SMILES string of the molecule is COc1ccccc1NC(=O)Nc1ccc2n(c1=O)C[C@@H]1C[C@@H]2CN(C(=O)c2cccc(C(=O)O)c2)C1. The molecule has 2 aromatic carbocycles.